The molecular weight excluding hydrogens is 372 g/mol. The van der Waals surface area contributed by atoms with Crippen LogP contribution in [0.15, 0.2) is 60.9 Å². The molecule has 7 N–H and O–H groups in total. The molecule has 2 rings (SSSR count). The molecule has 10 heteroatoms. The van der Waals surface area contributed by atoms with Gasteiger partial charge in [0.2, 0.25) is 0 Å². The smallest absolute Gasteiger partial charge is 0.545 e. The van der Waals surface area contributed by atoms with Crippen LogP contribution in [0, 0.1) is 0 Å². The van der Waals surface area contributed by atoms with Crippen molar-refractivity contribution in [2.24, 2.45) is 0 Å². The van der Waals surface area contributed by atoms with Crippen molar-refractivity contribution in [2.75, 3.05) is 0 Å². The summed E-state index contributed by atoms with van der Waals surface area (Å²) >= 11 is 0. The normalized spacial score (nSPS) is 8.00. The van der Waals surface area contributed by atoms with E-state index < -0.39 is 11.9 Å². The molecule has 0 aromatic carbocycles. The van der Waals surface area contributed by atoms with Crippen LogP contribution >= 0.6 is 0 Å². The van der Waals surface area contributed by atoms with Crippen molar-refractivity contribution in [2.45, 2.75) is 0 Å². The second-order valence-electron chi connectivity index (χ2n) is 3.40. The Morgan fingerprint density at radius 1 is 0.792 bits per heavy atom. The number of aliphatic carboxylic acids is 2. The summed E-state index contributed by atoms with van der Waals surface area (Å²) in [5.74, 6) is -3.09. The fourth-order valence-corrected chi connectivity index (χ4v) is 1.16. The number of hydrogen-bond acceptors (Lipinski definition) is 6. The molecule has 24 heavy (non-hydrogen) atoms. The van der Waals surface area contributed by atoms with Crippen LogP contribution < -0.4 is 10.2 Å². The van der Waals surface area contributed by atoms with Crippen LogP contribution in [0.1, 0.15) is 0 Å². The van der Waals surface area contributed by atoms with Crippen molar-refractivity contribution >= 4 is 11.9 Å². The first-order valence-corrected chi connectivity index (χ1v) is 5.52. The Hall–Kier alpha value is -2.62. The maximum Gasteiger partial charge on any atom is 2.00 e. The third kappa shape index (κ3) is 13.1. The van der Waals surface area contributed by atoms with Gasteiger partial charge in [0, 0.05) is 12.4 Å². The molecule has 2 aromatic rings. The molecule has 0 bridgehead atoms. The van der Waals surface area contributed by atoms with Crippen LogP contribution in [0.2, 0.25) is 0 Å². The molecule has 0 unspecified atom stereocenters. The zero-order valence-electron chi connectivity index (χ0n) is 12.2. The molecule has 2 heterocycles. The zero-order chi connectivity index (χ0) is 14.8. The van der Waals surface area contributed by atoms with E-state index in [4.69, 9.17) is 0 Å². The van der Waals surface area contributed by atoms with Gasteiger partial charge in [-0.2, -0.15) is 0 Å². The average molecular weight is 389 g/mol. The molecule has 0 saturated heterocycles. The minimum absolute atomic E-state index is 0. The molecule has 0 fully saturated rings. The molecule has 1 radical (unpaired) electrons. The zero-order valence-corrected chi connectivity index (χ0v) is 13.1. The number of aromatic nitrogens is 2. The summed E-state index contributed by atoms with van der Waals surface area (Å²) in [5, 5.41) is 18.8. The Labute approximate surface area is 148 Å². The van der Waals surface area contributed by atoms with E-state index in [1.807, 2.05) is 36.4 Å². The fraction of sp³-hybridized carbons (Fsp3) is 0. The number of carboxylic acids is 2. The van der Waals surface area contributed by atoms with Gasteiger partial charge in [-0.25, -0.2) is 0 Å². The van der Waals surface area contributed by atoms with Gasteiger partial charge in [-0.15, -0.1) is 0 Å². The van der Waals surface area contributed by atoms with E-state index in [0.29, 0.717) is 12.2 Å². The quantitative estimate of drug-likeness (QED) is 0.297. The number of carbonyl (C=O) groups is 2. The number of rotatable bonds is 3. The molecule has 0 aliphatic carbocycles. The van der Waals surface area contributed by atoms with E-state index in [0.717, 1.165) is 11.4 Å². The maximum absolute atomic E-state index is 9.41. The van der Waals surface area contributed by atoms with Gasteiger partial charge in [-0.3, -0.25) is 9.97 Å². The predicted molar refractivity (Wildman–Crippen MR) is 78.7 cm³/mol. The van der Waals surface area contributed by atoms with Crippen LogP contribution in [-0.4, -0.2) is 32.9 Å². The molecule has 0 amide bonds. The molecule has 0 spiro atoms. The van der Waals surface area contributed by atoms with Crippen molar-refractivity contribution in [3.63, 3.8) is 0 Å². The van der Waals surface area contributed by atoms with Crippen molar-refractivity contribution in [1.82, 2.24) is 9.97 Å². The second kappa shape index (κ2) is 16.7. The SMILES string of the molecule is O.O.O=C([O-])/C=C\C(=O)[O-].[Cu+2].[OH3+].c1ccc(-c2ccccn2)nc1. The number of nitrogens with zero attached hydrogens (tertiary/aromatic N) is 2. The van der Waals surface area contributed by atoms with Gasteiger partial charge in [0.25, 0.3) is 0 Å². The third-order valence-corrected chi connectivity index (χ3v) is 1.95. The second-order valence-corrected chi connectivity index (χ2v) is 3.40. The van der Waals surface area contributed by atoms with Crippen LogP contribution in [0.3, 0.4) is 0 Å². The minimum Gasteiger partial charge on any atom is -0.545 e. The van der Waals surface area contributed by atoms with E-state index in [1.165, 1.54) is 0 Å². The van der Waals surface area contributed by atoms with E-state index in [1.54, 1.807) is 12.4 Å². The molecule has 9 nitrogen and oxygen atoms in total. The summed E-state index contributed by atoms with van der Waals surface area (Å²) in [7, 11) is 0. The number of carboxylic acid groups (broad SMARTS) is 2. The number of carbonyl (C=O) groups excluding carboxylic acids is 2. The summed E-state index contributed by atoms with van der Waals surface area (Å²) in [6.07, 6.45) is 4.30. The van der Waals surface area contributed by atoms with Crippen molar-refractivity contribution in [1.29, 1.82) is 0 Å². The van der Waals surface area contributed by atoms with Crippen LogP contribution in [0.4, 0.5) is 0 Å². The third-order valence-electron chi connectivity index (χ3n) is 1.95. The summed E-state index contributed by atoms with van der Waals surface area (Å²) in [5.41, 5.74) is 1.83. The first-order chi connectivity index (χ1) is 9.59. The van der Waals surface area contributed by atoms with Crippen molar-refractivity contribution in [3.8, 4) is 11.4 Å². The first kappa shape index (κ1) is 29.4. The summed E-state index contributed by atoms with van der Waals surface area (Å²) in [4.78, 5) is 27.2. The van der Waals surface area contributed by atoms with E-state index in [-0.39, 0.29) is 33.5 Å². The fourth-order valence-electron chi connectivity index (χ4n) is 1.16. The summed E-state index contributed by atoms with van der Waals surface area (Å²) in [6, 6.07) is 11.6. The van der Waals surface area contributed by atoms with Crippen molar-refractivity contribution in [3.05, 3.63) is 60.9 Å². The van der Waals surface area contributed by atoms with Crippen molar-refractivity contribution < 1.29 is 53.3 Å². The van der Waals surface area contributed by atoms with E-state index in [2.05, 4.69) is 9.97 Å². The molecule has 0 atom stereocenters. The summed E-state index contributed by atoms with van der Waals surface area (Å²) in [6.45, 7) is 0. The van der Waals surface area contributed by atoms with Gasteiger partial charge < -0.3 is 36.2 Å². The Morgan fingerprint density at radius 2 is 1.12 bits per heavy atom. The molecule has 135 valence electrons. The minimum atomic E-state index is -1.55. The topological polar surface area (TPSA) is 202 Å². The molecule has 0 aliphatic rings. The molecule has 0 saturated carbocycles. The Balaban J connectivity index is -0.000000152. The van der Waals surface area contributed by atoms with Gasteiger partial charge in [0.1, 0.15) is 0 Å². The number of pyridine rings is 2. The molecular formula is C14H17CuN2O7+. The van der Waals surface area contributed by atoms with E-state index in [9.17, 15) is 19.8 Å². The number of hydrogen-bond donors (Lipinski definition) is 0. The van der Waals surface area contributed by atoms with E-state index >= 15 is 0 Å². The predicted octanol–water partition coefficient (Wildman–Crippen LogP) is -3.39. The largest absolute Gasteiger partial charge is 2.00 e. The van der Waals surface area contributed by atoms with Gasteiger partial charge in [0.05, 0.1) is 23.3 Å². The standard InChI is InChI=1S/C10H8N2.C4H4O4.Cu.3H2O/c1-3-7-11-9(5-1)10-6-2-4-8-12-10;5-3(6)1-2-4(7)8;;;;/h1-8H;1-2H,(H,5,6)(H,7,8);;3*1H2/q;;+2;;;/p-1/b;2-1-;;;;. The Morgan fingerprint density at radius 3 is 1.33 bits per heavy atom. The Bertz CT molecular complexity index is 541. The molecule has 2 aromatic heterocycles. The molecule has 0 aliphatic heterocycles. The first-order valence-electron chi connectivity index (χ1n) is 5.52. The van der Waals surface area contributed by atoms with Gasteiger partial charge >= 0.3 is 17.1 Å². The van der Waals surface area contributed by atoms with Gasteiger partial charge in [-0.05, 0) is 36.4 Å². The van der Waals surface area contributed by atoms with Gasteiger partial charge in [-0.1, -0.05) is 12.1 Å². The summed E-state index contributed by atoms with van der Waals surface area (Å²) < 4.78 is 0. The maximum atomic E-state index is 9.41. The monoisotopic (exact) mass is 388 g/mol. The van der Waals surface area contributed by atoms with Gasteiger partial charge in [0.15, 0.2) is 0 Å². The van der Waals surface area contributed by atoms with Crippen LogP contribution in [0.5, 0.6) is 0 Å². The Kier molecular flexibility index (Phi) is 20.5. The van der Waals surface area contributed by atoms with Crippen LogP contribution in [-0.2, 0) is 32.1 Å². The average Bonchev–Trinajstić information content (AvgIpc) is 2.48. The van der Waals surface area contributed by atoms with Crippen LogP contribution in [0.25, 0.3) is 11.4 Å².